The molecule has 1 amide bonds. The van der Waals surface area contributed by atoms with Crippen molar-refractivity contribution >= 4 is 73.6 Å². The molecule has 0 spiro atoms. The van der Waals surface area contributed by atoms with Crippen molar-refractivity contribution in [3.63, 3.8) is 0 Å². The van der Waals surface area contributed by atoms with E-state index in [2.05, 4.69) is 4.98 Å². The molecule has 0 N–H and O–H groups in total. The number of aromatic nitrogens is 1. The van der Waals surface area contributed by atoms with Crippen LogP contribution in [0.5, 0.6) is 11.5 Å². The van der Waals surface area contributed by atoms with Gasteiger partial charge in [-0.3, -0.25) is 9.69 Å². The monoisotopic (exact) mass is 464 g/mol. The largest absolute Gasteiger partial charge is 0.382 e. The van der Waals surface area contributed by atoms with E-state index in [1.807, 2.05) is 24.3 Å². The number of benzene rings is 3. The highest BCUT2D eigenvalue weighted by atomic mass is 35.5. The first-order chi connectivity index (χ1) is 14.1. The SMILES string of the molecule is O=C(c1ccccc1Cl)N(c1ccc(OCl)c(OCl)c1)c1nc2ccccc2s1. The Kier molecular flexibility index (Phi) is 5.78. The maximum Gasteiger partial charge on any atom is 0.266 e. The van der Waals surface area contributed by atoms with Crippen molar-refractivity contribution in [1.82, 2.24) is 4.98 Å². The Labute approximate surface area is 185 Å². The van der Waals surface area contributed by atoms with Gasteiger partial charge >= 0.3 is 0 Å². The Morgan fingerprint density at radius 3 is 2.38 bits per heavy atom. The number of thiazole rings is 1. The predicted octanol–water partition coefficient (Wildman–Crippen LogP) is 6.99. The van der Waals surface area contributed by atoms with Gasteiger partial charge in [-0.1, -0.05) is 47.2 Å². The van der Waals surface area contributed by atoms with E-state index in [1.54, 1.807) is 36.4 Å². The molecule has 1 heterocycles. The summed E-state index contributed by atoms with van der Waals surface area (Å²) in [5, 5.41) is 0.800. The Hall–Kier alpha value is -2.51. The zero-order valence-corrected chi connectivity index (χ0v) is 17.6. The molecule has 0 aliphatic carbocycles. The van der Waals surface area contributed by atoms with Gasteiger partial charge in [0.15, 0.2) is 16.6 Å². The second kappa shape index (κ2) is 8.47. The van der Waals surface area contributed by atoms with E-state index in [1.165, 1.54) is 22.3 Å². The van der Waals surface area contributed by atoms with E-state index in [9.17, 15) is 4.79 Å². The number of fused-ring (bicyclic) bond motifs is 1. The number of nitrogens with zero attached hydrogens (tertiary/aromatic N) is 2. The zero-order chi connectivity index (χ0) is 20.4. The average molecular weight is 466 g/mol. The molecule has 1 aromatic heterocycles. The summed E-state index contributed by atoms with van der Waals surface area (Å²) in [4.78, 5) is 19.5. The van der Waals surface area contributed by atoms with Crippen LogP contribution < -0.4 is 13.5 Å². The van der Waals surface area contributed by atoms with Crippen molar-refractivity contribution in [1.29, 1.82) is 0 Å². The number of rotatable bonds is 5. The lowest BCUT2D eigenvalue weighted by atomic mass is 10.2. The number of hydrogen-bond acceptors (Lipinski definition) is 5. The lowest BCUT2D eigenvalue weighted by Crippen LogP contribution is -2.26. The Bertz CT molecular complexity index is 1170. The molecule has 0 bridgehead atoms. The number of para-hydroxylation sites is 1. The lowest BCUT2D eigenvalue weighted by molar-refractivity contribution is 0.0999. The van der Waals surface area contributed by atoms with E-state index >= 15 is 0 Å². The van der Waals surface area contributed by atoms with Crippen molar-refractivity contribution in [3.05, 3.63) is 77.3 Å². The topological polar surface area (TPSA) is 51.7 Å². The summed E-state index contributed by atoms with van der Waals surface area (Å²) in [6.07, 6.45) is 0. The molecule has 0 unspecified atom stereocenters. The van der Waals surface area contributed by atoms with Crippen LogP contribution >= 0.6 is 46.7 Å². The van der Waals surface area contributed by atoms with Crippen molar-refractivity contribution < 1.29 is 13.4 Å². The molecule has 5 nitrogen and oxygen atoms in total. The van der Waals surface area contributed by atoms with Crippen molar-refractivity contribution in [2.24, 2.45) is 0 Å². The van der Waals surface area contributed by atoms with Crippen LogP contribution in [0.25, 0.3) is 10.2 Å². The highest BCUT2D eigenvalue weighted by Crippen LogP contribution is 2.39. The maximum atomic E-state index is 13.5. The second-order valence-corrected chi connectivity index (χ2v) is 7.59. The fourth-order valence-electron chi connectivity index (χ4n) is 2.79. The molecule has 0 aliphatic heterocycles. The van der Waals surface area contributed by atoms with Crippen molar-refractivity contribution in [2.45, 2.75) is 0 Å². The fourth-order valence-corrected chi connectivity index (χ4v) is 4.24. The van der Waals surface area contributed by atoms with Crippen LogP contribution in [-0.2, 0) is 0 Å². The van der Waals surface area contributed by atoms with E-state index < -0.39 is 0 Å². The van der Waals surface area contributed by atoms with Gasteiger partial charge in [-0.25, -0.2) is 4.98 Å². The number of amides is 1. The smallest absolute Gasteiger partial charge is 0.266 e. The molecule has 4 rings (SSSR count). The normalized spacial score (nSPS) is 10.7. The molecule has 0 radical (unpaired) electrons. The summed E-state index contributed by atoms with van der Waals surface area (Å²) in [6.45, 7) is 0. The number of carbonyl (C=O) groups excluding carboxylic acids is 1. The number of carbonyl (C=O) groups is 1. The summed E-state index contributed by atoms with van der Waals surface area (Å²) >= 11 is 18.6. The fraction of sp³-hybridized carbons (Fsp3) is 0. The van der Waals surface area contributed by atoms with Crippen LogP contribution in [0.3, 0.4) is 0 Å². The summed E-state index contributed by atoms with van der Waals surface area (Å²) in [6, 6.07) is 19.2. The van der Waals surface area contributed by atoms with Crippen LogP contribution in [0.4, 0.5) is 10.8 Å². The molecule has 0 atom stereocenters. The summed E-state index contributed by atoms with van der Waals surface area (Å²) in [7, 11) is 0. The van der Waals surface area contributed by atoms with Gasteiger partial charge in [0, 0.05) is 6.07 Å². The van der Waals surface area contributed by atoms with Crippen molar-refractivity contribution in [3.8, 4) is 11.5 Å². The molecule has 29 heavy (non-hydrogen) atoms. The van der Waals surface area contributed by atoms with Crippen LogP contribution in [0.2, 0.25) is 5.02 Å². The molecule has 3 aromatic carbocycles. The summed E-state index contributed by atoms with van der Waals surface area (Å²) in [5.74, 6) is 0.00631. The van der Waals surface area contributed by atoms with Gasteiger partial charge in [-0.2, -0.15) is 0 Å². The summed E-state index contributed by atoms with van der Waals surface area (Å²) < 4.78 is 10.5. The van der Waals surface area contributed by atoms with E-state index in [-0.39, 0.29) is 17.4 Å². The first-order valence-corrected chi connectivity index (χ1v) is 10.1. The number of anilines is 2. The van der Waals surface area contributed by atoms with Gasteiger partial charge in [-0.05, 0) is 36.4 Å². The molecule has 4 aromatic rings. The third kappa shape index (κ3) is 3.84. The van der Waals surface area contributed by atoms with Crippen LogP contribution in [0.15, 0.2) is 66.7 Å². The highest BCUT2D eigenvalue weighted by Gasteiger charge is 2.26. The Morgan fingerprint density at radius 1 is 0.931 bits per heavy atom. The third-order valence-corrected chi connectivity index (χ3v) is 5.82. The number of hydrogen-bond donors (Lipinski definition) is 0. The van der Waals surface area contributed by atoms with Gasteiger partial charge in [-0.15, -0.1) is 0 Å². The quantitative estimate of drug-likeness (QED) is 0.318. The first kappa shape index (κ1) is 19.8. The second-order valence-electron chi connectivity index (χ2n) is 5.87. The minimum atomic E-state index is -0.352. The lowest BCUT2D eigenvalue weighted by Gasteiger charge is -2.21. The van der Waals surface area contributed by atoms with Gasteiger partial charge in [0.1, 0.15) is 23.7 Å². The molecule has 0 saturated heterocycles. The van der Waals surface area contributed by atoms with E-state index in [4.69, 9.17) is 43.9 Å². The Morgan fingerprint density at radius 2 is 1.66 bits per heavy atom. The minimum absolute atomic E-state index is 0.150. The minimum Gasteiger partial charge on any atom is -0.382 e. The van der Waals surface area contributed by atoms with Crippen molar-refractivity contribution in [2.75, 3.05) is 4.90 Å². The molecular weight excluding hydrogens is 455 g/mol. The molecule has 0 fully saturated rings. The van der Waals surface area contributed by atoms with Crippen LogP contribution in [0, 0.1) is 0 Å². The van der Waals surface area contributed by atoms with Gasteiger partial charge < -0.3 is 8.58 Å². The van der Waals surface area contributed by atoms with E-state index in [0.29, 0.717) is 21.4 Å². The zero-order valence-electron chi connectivity index (χ0n) is 14.5. The Balaban J connectivity index is 1.89. The average Bonchev–Trinajstić information content (AvgIpc) is 3.17. The predicted molar refractivity (Wildman–Crippen MR) is 117 cm³/mol. The first-order valence-electron chi connectivity index (χ1n) is 8.28. The van der Waals surface area contributed by atoms with Crippen LogP contribution in [0.1, 0.15) is 10.4 Å². The van der Waals surface area contributed by atoms with Crippen LogP contribution in [-0.4, -0.2) is 10.9 Å². The molecule has 146 valence electrons. The molecule has 9 heteroatoms. The standard InChI is InChI=1S/C20H11Cl3N2O3S/c21-14-6-2-1-5-13(14)19(26)25(12-9-10-16(27-22)17(11-12)28-23)20-24-15-7-3-4-8-18(15)29-20/h1-11H. The molecular formula is C20H11Cl3N2O3S. The van der Waals surface area contributed by atoms with Gasteiger partial charge in [0.25, 0.3) is 5.91 Å². The third-order valence-electron chi connectivity index (χ3n) is 4.13. The maximum absolute atomic E-state index is 13.5. The summed E-state index contributed by atoms with van der Waals surface area (Å²) in [5.41, 5.74) is 1.57. The van der Waals surface area contributed by atoms with Gasteiger partial charge in [0.2, 0.25) is 0 Å². The van der Waals surface area contributed by atoms with Gasteiger partial charge in [0.05, 0.1) is 26.5 Å². The number of halogens is 3. The molecule has 0 aliphatic rings. The van der Waals surface area contributed by atoms with E-state index in [0.717, 1.165) is 10.2 Å². The molecule has 0 saturated carbocycles. The highest BCUT2D eigenvalue weighted by molar-refractivity contribution is 7.22.